The van der Waals surface area contributed by atoms with Crippen molar-refractivity contribution in [2.75, 3.05) is 5.32 Å². The molecule has 4 N–H and O–H groups in total. The molecule has 0 bridgehead atoms. The Hall–Kier alpha value is -2.05. The maximum absolute atomic E-state index is 11.4. The number of carbonyl (C=O) groups is 2. The molecule has 0 aliphatic rings. The molecule has 0 atom stereocenters. The van der Waals surface area contributed by atoms with Gasteiger partial charge in [0.05, 0.1) is 0 Å². The number of primary amides is 1. The lowest BCUT2D eigenvalue weighted by molar-refractivity contribution is 0.100. The fraction of sp³-hybridized carbons (Fsp3) is 0.300. The maximum Gasteiger partial charge on any atom is 0.320 e. The lowest BCUT2D eigenvalue weighted by Gasteiger charge is -2.10. The van der Waals surface area contributed by atoms with Gasteiger partial charge in [0.25, 0.3) is 0 Å². The molecule has 90 valence electrons. The molecule has 0 radical (unpaired) electrons. The van der Waals surface area contributed by atoms with Crippen LogP contribution in [-0.4, -0.2) is 30.8 Å². The third-order valence-electron chi connectivity index (χ3n) is 2.03. The van der Waals surface area contributed by atoms with Crippen LogP contribution in [0.15, 0.2) is 12.3 Å². The first-order valence-corrected chi connectivity index (χ1v) is 5.24. The number of hydrogen-bond donors (Lipinski definition) is 3. The van der Waals surface area contributed by atoms with Crippen LogP contribution >= 0.6 is 0 Å². The number of carbonyl (C=O) groups excluding carboxylic acids is 2. The van der Waals surface area contributed by atoms with E-state index in [1.807, 2.05) is 13.8 Å². The normalized spacial score (nSPS) is 10.1. The highest BCUT2D eigenvalue weighted by Gasteiger charge is 2.09. The van der Waals surface area contributed by atoms with Crippen LogP contribution in [0.25, 0.3) is 0 Å². The third kappa shape index (κ3) is 3.79. The van der Waals surface area contributed by atoms with Crippen molar-refractivity contribution in [3.8, 4) is 0 Å². The molecular formula is C10H15BN4O2. The molecule has 0 spiro atoms. The minimum Gasteiger partial charge on any atom is -0.366 e. The van der Waals surface area contributed by atoms with Crippen molar-refractivity contribution in [1.29, 1.82) is 0 Å². The molecule has 1 heterocycles. The van der Waals surface area contributed by atoms with E-state index in [2.05, 4.69) is 15.6 Å². The van der Waals surface area contributed by atoms with E-state index >= 15 is 0 Å². The monoisotopic (exact) mass is 234 g/mol. The van der Waals surface area contributed by atoms with Crippen molar-refractivity contribution in [3.63, 3.8) is 0 Å². The first-order valence-electron chi connectivity index (χ1n) is 5.24. The third-order valence-corrected chi connectivity index (χ3v) is 2.03. The summed E-state index contributed by atoms with van der Waals surface area (Å²) >= 11 is 0. The first-order chi connectivity index (χ1) is 7.90. The van der Waals surface area contributed by atoms with E-state index in [1.165, 1.54) is 12.3 Å². The number of urea groups is 1. The second-order valence-corrected chi connectivity index (χ2v) is 4.00. The number of nitrogens with zero attached hydrogens (tertiary/aromatic N) is 1. The molecule has 0 unspecified atom stereocenters. The van der Waals surface area contributed by atoms with Crippen molar-refractivity contribution in [2.24, 2.45) is 5.73 Å². The summed E-state index contributed by atoms with van der Waals surface area (Å²) in [5.41, 5.74) is 6.22. The molecule has 6 nitrogen and oxygen atoms in total. The minimum absolute atomic E-state index is 0.0241. The topological polar surface area (TPSA) is 97.1 Å². The van der Waals surface area contributed by atoms with E-state index in [1.54, 1.807) is 7.85 Å². The van der Waals surface area contributed by atoms with E-state index in [9.17, 15) is 9.59 Å². The summed E-state index contributed by atoms with van der Waals surface area (Å²) in [7, 11) is 1.73. The van der Waals surface area contributed by atoms with Gasteiger partial charge >= 0.3 is 6.03 Å². The molecule has 0 fully saturated rings. The first kappa shape index (κ1) is 13.0. The molecule has 17 heavy (non-hydrogen) atoms. The number of amides is 3. The van der Waals surface area contributed by atoms with Crippen LogP contribution in [0, 0.1) is 0 Å². The zero-order valence-electron chi connectivity index (χ0n) is 10.1. The summed E-state index contributed by atoms with van der Waals surface area (Å²) < 4.78 is 0. The number of nitrogens with two attached hydrogens (primary N) is 1. The standard InChI is InChI=1S/C10H15BN4O2/c1-5(2)14-10(17)15-8-3-6(9(12)16)7(11)4-13-8/h3-5H,11H2,1-2H3,(H2,12,16)(H2,13,14,15,17). The van der Waals surface area contributed by atoms with Crippen LogP contribution in [0.1, 0.15) is 24.2 Å². The quantitative estimate of drug-likeness (QED) is 0.583. The van der Waals surface area contributed by atoms with E-state index in [4.69, 9.17) is 5.73 Å². The number of hydrogen-bond acceptors (Lipinski definition) is 3. The lowest BCUT2D eigenvalue weighted by Crippen LogP contribution is -2.34. The lowest BCUT2D eigenvalue weighted by atomic mass is 9.92. The van der Waals surface area contributed by atoms with Gasteiger partial charge in [-0.3, -0.25) is 10.1 Å². The van der Waals surface area contributed by atoms with Gasteiger partial charge < -0.3 is 11.1 Å². The van der Waals surface area contributed by atoms with Gasteiger partial charge in [-0.2, -0.15) is 0 Å². The largest absolute Gasteiger partial charge is 0.366 e. The Labute approximate surface area is 100 Å². The summed E-state index contributed by atoms with van der Waals surface area (Å²) in [6.45, 7) is 3.69. The minimum atomic E-state index is -0.544. The smallest absolute Gasteiger partial charge is 0.320 e. The number of nitrogens with one attached hydrogen (secondary N) is 2. The summed E-state index contributed by atoms with van der Waals surface area (Å²) in [6, 6.07) is 1.11. The molecule has 0 aromatic carbocycles. The fourth-order valence-corrected chi connectivity index (χ4v) is 1.27. The molecule has 1 aromatic rings. The van der Waals surface area contributed by atoms with Gasteiger partial charge in [0.2, 0.25) is 5.91 Å². The Kier molecular flexibility index (Phi) is 4.09. The van der Waals surface area contributed by atoms with Crippen LogP contribution in [0.2, 0.25) is 0 Å². The Morgan fingerprint density at radius 1 is 1.47 bits per heavy atom. The fourth-order valence-electron chi connectivity index (χ4n) is 1.27. The van der Waals surface area contributed by atoms with Gasteiger partial charge in [-0.1, -0.05) is 5.46 Å². The summed E-state index contributed by atoms with van der Waals surface area (Å²) in [5.74, 6) is -0.250. The van der Waals surface area contributed by atoms with Crippen LogP contribution in [0.5, 0.6) is 0 Å². The number of aromatic nitrogens is 1. The van der Waals surface area contributed by atoms with Crippen molar-refractivity contribution >= 4 is 31.1 Å². The average molecular weight is 234 g/mol. The molecule has 3 amide bonds. The van der Waals surface area contributed by atoms with Crippen molar-refractivity contribution in [1.82, 2.24) is 10.3 Å². The Bertz CT molecular complexity index is 448. The number of pyridine rings is 1. The number of anilines is 1. The Balaban J connectivity index is 2.82. The van der Waals surface area contributed by atoms with E-state index in [-0.39, 0.29) is 12.1 Å². The van der Waals surface area contributed by atoms with Gasteiger partial charge in [-0.05, 0) is 19.9 Å². The summed E-state index contributed by atoms with van der Waals surface area (Å²) in [4.78, 5) is 26.5. The molecular weight excluding hydrogens is 219 g/mol. The van der Waals surface area contributed by atoms with Gasteiger partial charge in [0.15, 0.2) is 0 Å². The van der Waals surface area contributed by atoms with Crippen molar-refractivity contribution in [3.05, 3.63) is 17.8 Å². The summed E-state index contributed by atoms with van der Waals surface area (Å²) in [5, 5.41) is 5.18. The highest BCUT2D eigenvalue weighted by atomic mass is 16.2. The molecule has 0 aliphatic heterocycles. The van der Waals surface area contributed by atoms with Crippen molar-refractivity contribution < 1.29 is 9.59 Å². The molecule has 1 aromatic heterocycles. The predicted molar refractivity (Wildman–Crippen MR) is 68.2 cm³/mol. The van der Waals surface area contributed by atoms with Gasteiger partial charge in [0.1, 0.15) is 13.7 Å². The second kappa shape index (κ2) is 5.33. The van der Waals surface area contributed by atoms with Crippen molar-refractivity contribution in [2.45, 2.75) is 19.9 Å². The average Bonchev–Trinajstić information content (AvgIpc) is 2.19. The van der Waals surface area contributed by atoms with Gasteiger partial charge in [-0.15, -0.1) is 0 Å². The molecule has 0 aliphatic carbocycles. The van der Waals surface area contributed by atoms with Gasteiger partial charge in [-0.25, -0.2) is 9.78 Å². The molecule has 0 saturated carbocycles. The Morgan fingerprint density at radius 2 is 2.12 bits per heavy atom. The zero-order chi connectivity index (χ0) is 13.0. The SMILES string of the molecule is Bc1cnc(NC(=O)NC(C)C)cc1C(N)=O. The predicted octanol–water partition coefficient (Wildman–Crippen LogP) is -1.03. The zero-order valence-corrected chi connectivity index (χ0v) is 10.1. The van der Waals surface area contributed by atoms with Crippen LogP contribution in [0.3, 0.4) is 0 Å². The molecule has 1 rings (SSSR count). The second-order valence-electron chi connectivity index (χ2n) is 4.00. The molecule has 0 saturated heterocycles. The number of rotatable bonds is 3. The molecule has 7 heteroatoms. The van der Waals surface area contributed by atoms with Gasteiger partial charge in [0, 0.05) is 17.8 Å². The van der Waals surface area contributed by atoms with E-state index < -0.39 is 5.91 Å². The van der Waals surface area contributed by atoms with Crippen LogP contribution < -0.4 is 21.8 Å². The van der Waals surface area contributed by atoms with Crippen LogP contribution in [-0.2, 0) is 0 Å². The maximum atomic E-state index is 11.4. The van der Waals surface area contributed by atoms with E-state index in [0.717, 1.165) is 0 Å². The highest BCUT2D eigenvalue weighted by molar-refractivity contribution is 6.36. The Morgan fingerprint density at radius 3 is 2.65 bits per heavy atom. The highest BCUT2D eigenvalue weighted by Crippen LogP contribution is 2.03. The summed E-state index contributed by atoms with van der Waals surface area (Å²) in [6.07, 6.45) is 1.49. The van der Waals surface area contributed by atoms with Crippen LogP contribution in [0.4, 0.5) is 10.6 Å². The van der Waals surface area contributed by atoms with E-state index in [0.29, 0.717) is 16.8 Å².